The van der Waals surface area contributed by atoms with Crippen molar-refractivity contribution in [1.82, 2.24) is 4.68 Å². The molecule has 0 amide bonds. The summed E-state index contributed by atoms with van der Waals surface area (Å²) >= 11 is 6.10. The first-order chi connectivity index (χ1) is 12.0. The van der Waals surface area contributed by atoms with Crippen molar-refractivity contribution in [3.63, 3.8) is 0 Å². The molecule has 3 aromatic rings. The second kappa shape index (κ2) is 6.91. The van der Waals surface area contributed by atoms with Crippen LogP contribution < -0.4 is 5.56 Å². The second-order valence-corrected chi connectivity index (χ2v) is 5.84. The summed E-state index contributed by atoms with van der Waals surface area (Å²) in [5.74, 6) is -1.23. The molecule has 6 heteroatoms. The van der Waals surface area contributed by atoms with E-state index in [0.29, 0.717) is 33.3 Å². The predicted molar refractivity (Wildman–Crippen MR) is 99.8 cm³/mol. The number of aromatic nitrogens is 1. The molecule has 0 atom stereocenters. The molecule has 0 bridgehead atoms. The molecule has 0 aliphatic carbocycles. The van der Waals surface area contributed by atoms with Crippen molar-refractivity contribution < 1.29 is 9.90 Å². The number of carboxylic acids is 1. The summed E-state index contributed by atoms with van der Waals surface area (Å²) in [7, 11) is 0. The number of benzene rings is 2. The van der Waals surface area contributed by atoms with Gasteiger partial charge in [-0.3, -0.25) is 4.79 Å². The Kier molecular flexibility index (Phi) is 4.67. The summed E-state index contributed by atoms with van der Waals surface area (Å²) in [6, 6.07) is 13.8. The van der Waals surface area contributed by atoms with E-state index in [1.807, 2.05) is 25.1 Å². The van der Waals surface area contributed by atoms with E-state index in [2.05, 4.69) is 5.10 Å². The number of nitrogens with zero attached hydrogens (tertiary/aromatic N) is 2. The van der Waals surface area contributed by atoms with Crippen LogP contribution in [0.1, 0.15) is 23.8 Å². The van der Waals surface area contributed by atoms with E-state index >= 15 is 0 Å². The van der Waals surface area contributed by atoms with Crippen molar-refractivity contribution in [1.29, 1.82) is 0 Å². The molecule has 126 valence electrons. The second-order valence-electron chi connectivity index (χ2n) is 5.41. The third kappa shape index (κ3) is 3.06. The monoisotopic (exact) mass is 354 g/mol. The number of carboxylic acid groups (broad SMARTS) is 1. The van der Waals surface area contributed by atoms with Crippen LogP contribution in [0.15, 0.2) is 58.4 Å². The molecule has 0 saturated carbocycles. The molecule has 3 rings (SSSR count). The lowest BCUT2D eigenvalue weighted by Crippen LogP contribution is -2.24. The van der Waals surface area contributed by atoms with E-state index in [-0.39, 0.29) is 5.69 Å². The number of aromatic carboxylic acids is 1. The largest absolute Gasteiger partial charge is 0.476 e. The Morgan fingerprint density at radius 2 is 1.92 bits per heavy atom. The molecule has 0 fully saturated rings. The van der Waals surface area contributed by atoms with Crippen molar-refractivity contribution in [3.8, 4) is 11.1 Å². The molecule has 0 radical (unpaired) electrons. The lowest BCUT2D eigenvalue weighted by molar-refractivity contribution is 0.0686. The standard InChI is InChI=1S/C19H15ClN2O3/c1-2-10-21-22-17(19(24)25)16(12-6-4-3-5-7-12)15-11-13(20)8-9-14(15)18(22)23/h3-11H,2H2,1H3,(H,24,25)/b21-10+. The van der Waals surface area contributed by atoms with Gasteiger partial charge in [0, 0.05) is 22.2 Å². The van der Waals surface area contributed by atoms with Crippen molar-refractivity contribution in [3.05, 3.63) is 69.6 Å². The van der Waals surface area contributed by atoms with Gasteiger partial charge in [0.1, 0.15) is 0 Å². The fourth-order valence-electron chi connectivity index (χ4n) is 2.73. The maximum atomic E-state index is 12.8. The molecule has 1 heterocycles. The molecule has 0 aliphatic heterocycles. The molecule has 1 N–H and O–H groups in total. The molecule has 1 aromatic heterocycles. The highest BCUT2D eigenvalue weighted by molar-refractivity contribution is 6.31. The number of fused-ring (bicyclic) bond motifs is 1. The van der Waals surface area contributed by atoms with Gasteiger partial charge in [0.15, 0.2) is 5.69 Å². The van der Waals surface area contributed by atoms with Crippen LogP contribution in [0.5, 0.6) is 0 Å². The predicted octanol–water partition coefficient (Wildman–Crippen LogP) is 4.26. The molecule has 0 unspecified atom stereocenters. The Balaban J connectivity index is 2.57. The maximum Gasteiger partial charge on any atom is 0.355 e. The van der Waals surface area contributed by atoms with Crippen LogP contribution in [0.25, 0.3) is 21.9 Å². The zero-order valence-corrected chi connectivity index (χ0v) is 14.2. The molecule has 25 heavy (non-hydrogen) atoms. The van der Waals surface area contributed by atoms with Crippen LogP contribution >= 0.6 is 11.6 Å². The van der Waals surface area contributed by atoms with Crippen LogP contribution in [0, 0.1) is 0 Å². The highest BCUT2D eigenvalue weighted by Crippen LogP contribution is 2.32. The topological polar surface area (TPSA) is 71.7 Å². The summed E-state index contributed by atoms with van der Waals surface area (Å²) in [4.78, 5) is 24.8. The minimum absolute atomic E-state index is 0.185. The molecule has 0 aliphatic rings. The van der Waals surface area contributed by atoms with E-state index in [9.17, 15) is 14.7 Å². The van der Waals surface area contributed by atoms with Gasteiger partial charge in [-0.1, -0.05) is 48.9 Å². The smallest absolute Gasteiger partial charge is 0.355 e. The Bertz CT molecular complexity index is 1040. The van der Waals surface area contributed by atoms with Gasteiger partial charge in [-0.15, -0.1) is 0 Å². The van der Waals surface area contributed by atoms with Gasteiger partial charge in [-0.05, 0) is 35.6 Å². The van der Waals surface area contributed by atoms with Crippen molar-refractivity contribution in [2.24, 2.45) is 5.10 Å². The fraction of sp³-hybridized carbons (Fsp3) is 0.105. The highest BCUT2D eigenvalue weighted by atomic mass is 35.5. The van der Waals surface area contributed by atoms with Crippen LogP contribution in [0.3, 0.4) is 0 Å². The summed E-state index contributed by atoms with van der Waals surface area (Å²) in [5.41, 5.74) is 0.412. The Labute approximate surface area is 148 Å². The first-order valence-electron chi connectivity index (χ1n) is 7.74. The van der Waals surface area contributed by atoms with Crippen molar-refractivity contribution >= 4 is 34.6 Å². The van der Waals surface area contributed by atoms with E-state index in [1.54, 1.807) is 30.3 Å². The summed E-state index contributed by atoms with van der Waals surface area (Å²) < 4.78 is 0.949. The number of halogens is 1. The third-order valence-corrected chi connectivity index (χ3v) is 4.00. The Morgan fingerprint density at radius 1 is 1.20 bits per heavy atom. The van der Waals surface area contributed by atoms with Crippen LogP contribution in [-0.4, -0.2) is 22.0 Å². The lowest BCUT2D eigenvalue weighted by Gasteiger charge is -2.14. The molecule has 0 saturated heterocycles. The highest BCUT2D eigenvalue weighted by Gasteiger charge is 2.23. The molecule has 5 nitrogen and oxygen atoms in total. The third-order valence-electron chi connectivity index (χ3n) is 3.77. The molecule has 2 aromatic carbocycles. The van der Waals surface area contributed by atoms with Crippen LogP contribution in [-0.2, 0) is 0 Å². The number of pyridine rings is 1. The summed E-state index contributed by atoms with van der Waals surface area (Å²) in [6.45, 7) is 1.86. The molecular weight excluding hydrogens is 340 g/mol. The Hall–Kier alpha value is -2.92. The van der Waals surface area contributed by atoms with Gasteiger partial charge in [-0.2, -0.15) is 9.78 Å². The first kappa shape index (κ1) is 16.9. The summed E-state index contributed by atoms with van der Waals surface area (Å²) in [6.07, 6.45) is 2.08. The van der Waals surface area contributed by atoms with E-state index in [0.717, 1.165) is 4.68 Å². The number of hydrogen-bond acceptors (Lipinski definition) is 3. The fourth-order valence-corrected chi connectivity index (χ4v) is 2.90. The van der Waals surface area contributed by atoms with Crippen LogP contribution in [0.4, 0.5) is 0 Å². The number of rotatable bonds is 4. The quantitative estimate of drug-likeness (QED) is 0.711. The average Bonchev–Trinajstić information content (AvgIpc) is 2.61. The molecular formula is C19H15ClN2O3. The minimum Gasteiger partial charge on any atom is -0.476 e. The average molecular weight is 355 g/mol. The van der Waals surface area contributed by atoms with Gasteiger partial charge in [-0.25, -0.2) is 4.79 Å². The van der Waals surface area contributed by atoms with Crippen molar-refractivity contribution in [2.75, 3.05) is 0 Å². The number of carbonyl (C=O) groups is 1. The van der Waals surface area contributed by atoms with E-state index in [1.165, 1.54) is 6.21 Å². The van der Waals surface area contributed by atoms with Gasteiger partial charge in [0.05, 0.1) is 0 Å². The van der Waals surface area contributed by atoms with E-state index < -0.39 is 11.5 Å². The SMILES string of the molecule is CC/C=N/n1c(C(=O)O)c(-c2ccccc2)c2cc(Cl)ccc2c1=O. The van der Waals surface area contributed by atoms with Crippen molar-refractivity contribution in [2.45, 2.75) is 13.3 Å². The van der Waals surface area contributed by atoms with E-state index in [4.69, 9.17) is 11.6 Å². The summed E-state index contributed by atoms with van der Waals surface area (Å²) in [5, 5.41) is 15.1. The van der Waals surface area contributed by atoms with Gasteiger partial charge in [0.25, 0.3) is 5.56 Å². The van der Waals surface area contributed by atoms with Gasteiger partial charge in [0.2, 0.25) is 0 Å². The Morgan fingerprint density at radius 3 is 2.56 bits per heavy atom. The van der Waals surface area contributed by atoms with Gasteiger partial charge < -0.3 is 5.11 Å². The van der Waals surface area contributed by atoms with Crippen LogP contribution in [0.2, 0.25) is 5.02 Å². The molecule has 0 spiro atoms. The lowest BCUT2D eigenvalue weighted by atomic mass is 9.97. The zero-order chi connectivity index (χ0) is 18.0. The van der Waals surface area contributed by atoms with Gasteiger partial charge >= 0.3 is 5.97 Å². The maximum absolute atomic E-state index is 12.8. The first-order valence-corrected chi connectivity index (χ1v) is 8.12. The number of hydrogen-bond donors (Lipinski definition) is 1. The normalized spacial score (nSPS) is 11.3. The minimum atomic E-state index is -1.23. The zero-order valence-electron chi connectivity index (χ0n) is 13.4.